The lowest BCUT2D eigenvalue weighted by Gasteiger charge is -2.35. The summed E-state index contributed by atoms with van der Waals surface area (Å²) in [4.78, 5) is 26.6. The van der Waals surface area contributed by atoms with Crippen LogP contribution in [0.3, 0.4) is 0 Å². The van der Waals surface area contributed by atoms with Gasteiger partial charge in [-0.1, -0.05) is 6.42 Å². The summed E-state index contributed by atoms with van der Waals surface area (Å²) >= 11 is 0. The fraction of sp³-hybridized carbons (Fsp3) is 0.750. The van der Waals surface area contributed by atoms with Crippen LogP contribution in [-0.4, -0.2) is 39.7 Å². The molecule has 0 radical (unpaired) electrons. The maximum atomic E-state index is 12.4. The van der Waals surface area contributed by atoms with Crippen molar-refractivity contribution in [2.75, 3.05) is 19.6 Å². The largest absolute Gasteiger partial charge is 0.330 e. The SMILES string of the molecule is Cn1cc(CN(CC2CCC2)C2CCNC2)c(=O)n(C)c1=O. The molecule has 0 aromatic carbocycles. The molecule has 1 saturated carbocycles. The summed E-state index contributed by atoms with van der Waals surface area (Å²) in [5.41, 5.74) is 0.297. The molecule has 6 heteroatoms. The monoisotopic (exact) mass is 306 g/mol. The van der Waals surface area contributed by atoms with Crippen molar-refractivity contribution in [3.8, 4) is 0 Å². The van der Waals surface area contributed by atoms with Gasteiger partial charge in [0.25, 0.3) is 5.56 Å². The van der Waals surface area contributed by atoms with Crippen molar-refractivity contribution >= 4 is 0 Å². The number of nitrogens with one attached hydrogen (secondary N) is 1. The molecule has 2 heterocycles. The van der Waals surface area contributed by atoms with Gasteiger partial charge in [-0.05, 0) is 31.7 Å². The van der Waals surface area contributed by atoms with E-state index in [9.17, 15) is 9.59 Å². The molecule has 22 heavy (non-hydrogen) atoms. The molecule has 122 valence electrons. The van der Waals surface area contributed by atoms with Crippen LogP contribution in [-0.2, 0) is 20.6 Å². The van der Waals surface area contributed by atoms with Crippen molar-refractivity contribution in [3.63, 3.8) is 0 Å². The average Bonchev–Trinajstić information content (AvgIpc) is 2.98. The Morgan fingerprint density at radius 2 is 2.05 bits per heavy atom. The quantitative estimate of drug-likeness (QED) is 0.835. The van der Waals surface area contributed by atoms with E-state index in [0.717, 1.165) is 37.5 Å². The highest BCUT2D eigenvalue weighted by Gasteiger charge is 2.28. The molecule has 0 spiro atoms. The minimum atomic E-state index is -0.262. The molecule has 6 nitrogen and oxygen atoms in total. The van der Waals surface area contributed by atoms with Crippen LogP contribution in [0.5, 0.6) is 0 Å². The molecule has 1 unspecified atom stereocenters. The van der Waals surface area contributed by atoms with Crippen LogP contribution in [0.25, 0.3) is 0 Å². The van der Waals surface area contributed by atoms with Gasteiger partial charge in [0, 0.05) is 51.5 Å². The molecule has 1 aromatic heterocycles. The first kappa shape index (κ1) is 15.5. The fourth-order valence-electron chi connectivity index (χ4n) is 3.51. The van der Waals surface area contributed by atoms with Crippen LogP contribution in [0, 0.1) is 5.92 Å². The van der Waals surface area contributed by atoms with Crippen molar-refractivity contribution in [1.29, 1.82) is 0 Å². The molecule has 1 aromatic rings. The van der Waals surface area contributed by atoms with Crippen molar-refractivity contribution in [2.24, 2.45) is 20.0 Å². The van der Waals surface area contributed by atoms with Crippen LogP contribution in [0.15, 0.2) is 15.8 Å². The van der Waals surface area contributed by atoms with Crippen LogP contribution < -0.4 is 16.6 Å². The molecule has 1 atom stereocenters. The topological polar surface area (TPSA) is 59.3 Å². The second-order valence-corrected chi connectivity index (χ2v) is 6.78. The Balaban J connectivity index is 1.83. The molecule has 1 aliphatic carbocycles. The van der Waals surface area contributed by atoms with Crippen LogP contribution in [0.1, 0.15) is 31.2 Å². The third-order valence-electron chi connectivity index (χ3n) is 5.16. The Morgan fingerprint density at radius 3 is 2.64 bits per heavy atom. The Labute approximate surface area is 130 Å². The minimum absolute atomic E-state index is 0.160. The Hall–Kier alpha value is -1.40. The molecule has 2 fully saturated rings. The standard InChI is InChI=1S/C16H26N4O2/c1-18-10-13(15(21)19(2)16(18)22)11-20(9-12-4-3-5-12)14-6-7-17-8-14/h10,12,14,17H,3-9,11H2,1-2H3. The average molecular weight is 306 g/mol. The van der Waals surface area contributed by atoms with Crippen LogP contribution >= 0.6 is 0 Å². The number of aryl methyl sites for hydroxylation is 1. The highest BCUT2D eigenvalue weighted by Crippen LogP contribution is 2.28. The summed E-state index contributed by atoms with van der Waals surface area (Å²) < 4.78 is 2.72. The van der Waals surface area contributed by atoms with E-state index in [1.807, 2.05) is 0 Å². The number of hydrogen-bond donors (Lipinski definition) is 1. The zero-order valence-electron chi connectivity index (χ0n) is 13.5. The van der Waals surface area contributed by atoms with Gasteiger partial charge in [0.1, 0.15) is 0 Å². The zero-order valence-corrected chi connectivity index (χ0v) is 13.5. The van der Waals surface area contributed by atoms with Crippen molar-refractivity contribution in [3.05, 3.63) is 32.6 Å². The molecule has 0 bridgehead atoms. The first-order chi connectivity index (χ1) is 10.6. The van der Waals surface area contributed by atoms with Gasteiger partial charge >= 0.3 is 5.69 Å². The first-order valence-corrected chi connectivity index (χ1v) is 8.26. The first-order valence-electron chi connectivity index (χ1n) is 8.26. The number of nitrogens with zero attached hydrogens (tertiary/aromatic N) is 3. The Morgan fingerprint density at radius 1 is 1.27 bits per heavy atom. The normalized spacial score (nSPS) is 22.2. The van der Waals surface area contributed by atoms with Crippen molar-refractivity contribution in [1.82, 2.24) is 19.4 Å². The number of aromatic nitrogens is 2. The van der Waals surface area contributed by atoms with E-state index in [0.29, 0.717) is 12.6 Å². The Kier molecular flexibility index (Phi) is 4.49. The number of hydrogen-bond acceptors (Lipinski definition) is 4. The van der Waals surface area contributed by atoms with Gasteiger partial charge in [0.05, 0.1) is 0 Å². The summed E-state index contributed by atoms with van der Waals surface area (Å²) in [5, 5.41) is 3.41. The van der Waals surface area contributed by atoms with Crippen LogP contribution in [0.4, 0.5) is 0 Å². The highest BCUT2D eigenvalue weighted by molar-refractivity contribution is 5.06. The van der Waals surface area contributed by atoms with Gasteiger partial charge in [0.2, 0.25) is 0 Å². The van der Waals surface area contributed by atoms with Gasteiger partial charge in [-0.15, -0.1) is 0 Å². The second-order valence-electron chi connectivity index (χ2n) is 6.78. The summed E-state index contributed by atoms with van der Waals surface area (Å²) in [6, 6.07) is 0.502. The van der Waals surface area contributed by atoms with Crippen molar-refractivity contribution < 1.29 is 0 Å². The summed E-state index contributed by atoms with van der Waals surface area (Å²) in [6.45, 7) is 3.76. The Bertz CT molecular complexity index is 639. The predicted octanol–water partition coefficient (Wildman–Crippen LogP) is 0.0480. The molecule has 1 N–H and O–H groups in total. The molecule has 1 aliphatic heterocycles. The smallest absolute Gasteiger partial charge is 0.315 e. The van der Waals surface area contributed by atoms with Crippen molar-refractivity contribution in [2.45, 2.75) is 38.3 Å². The third kappa shape index (κ3) is 3.03. The fourth-order valence-corrected chi connectivity index (χ4v) is 3.51. The lowest BCUT2D eigenvalue weighted by Crippen LogP contribution is -2.44. The van der Waals surface area contributed by atoms with E-state index >= 15 is 0 Å². The maximum Gasteiger partial charge on any atom is 0.330 e. The molecular weight excluding hydrogens is 280 g/mol. The maximum absolute atomic E-state index is 12.4. The minimum Gasteiger partial charge on any atom is -0.315 e. The van der Waals surface area contributed by atoms with E-state index in [2.05, 4.69) is 10.2 Å². The lowest BCUT2D eigenvalue weighted by molar-refractivity contribution is 0.131. The van der Waals surface area contributed by atoms with Gasteiger partial charge in [-0.2, -0.15) is 0 Å². The summed E-state index contributed by atoms with van der Waals surface area (Å²) in [7, 11) is 3.26. The second kappa shape index (κ2) is 6.38. The molecule has 1 saturated heterocycles. The summed E-state index contributed by atoms with van der Waals surface area (Å²) in [5.74, 6) is 0.775. The molecular formula is C16H26N4O2. The third-order valence-corrected chi connectivity index (χ3v) is 5.16. The number of rotatable bonds is 5. The van der Waals surface area contributed by atoms with E-state index in [4.69, 9.17) is 0 Å². The van der Waals surface area contributed by atoms with E-state index in [-0.39, 0.29) is 11.2 Å². The predicted molar refractivity (Wildman–Crippen MR) is 85.9 cm³/mol. The van der Waals surface area contributed by atoms with E-state index in [1.54, 1.807) is 20.3 Å². The van der Waals surface area contributed by atoms with Gasteiger partial charge in [-0.25, -0.2) is 4.79 Å². The molecule has 0 amide bonds. The van der Waals surface area contributed by atoms with E-state index < -0.39 is 0 Å². The van der Waals surface area contributed by atoms with Crippen LogP contribution in [0.2, 0.25) is 0 Å². The molecule has 3 rings (SSSR count). The summed E-state index contributed by atoms with van der Waals surface area (Å²) in [6.07, 6.45) is 6.80. The zero-order chi connectivity index (χ0) is 15.7. The lowest BCUT2D eigenvalue weighted by atomic mass is 9.84. The van der Waals surface area contributed by atoms with Gasteiger partial charge < -0.3 is 9.88 Å². The molecule has 2 aliphatic rings. The van der Waals surface area contributed by atoms with Gasteiger partial charge in [-0.3, -0.25) is 14.3 Å². The van der Waals surface area contributed by atoms with Gasteiger partial charge in [0.15, 0.2) is 0 Å². The van der Waals surface area contributed by atoms with E-state index in [1.165, 1.54) is 28.4 Å². The highest BCUT2D eigenvalue weighted by atomic mass is 16.2.